The van der Waals surface area contributed by atoms with Crippen LogP contribution in [0.25, 0.3) is 0 Å². The van der Waals surface area contributed by atoms with Crippen LogP contribution in [0.15, 0.2) is 24.3 Å². The molecular formula is C23H43NO. The summed E-state index contributed by atoms with van der Waals surface area (Å²) in [7, 11) is 0. The minimum atomic E-state index is -0.177. The van der Waals surface area contributed by atoms with E-state index in [1.807, 2.05) is 0 Å². The summed E-state index contributed by atoms with van der Waals surface area (Å²) >= 11 is 0. The van der Waals surface area contributed by atoms with Crippen LogP contribution in [0, 0.1) is 6.92 Å². The first-order chi connectivity index (χ1) is 11.6. The molecule has 2 nitrogen and oxygen atoms in total. The fourth-order valence-electron chi connectivity index (χ4n) is 3.68. The maximum absolute atomic E-state index is 6.57. The maximum Gasteiger partial charge on any atom is 0.0383 e. The Morgan fingerprint density at radius 2 is 1.20 bits per heavy atom. The fraction of sp³-hybridized carbons (Fsp3) is 0.739. The van der Waals surface area contributed by atoms with Crippen LogP contribution >= 0.6 is 0 Å². The molecule has 4 N–H and O–H groups in total. The Morgan fingerprint density at radius 1 is 0.760 bits per heavy atom. The SMILES string of the molecule is CCCCCCCCCCCCCCC(C)(N)c1ccccc1C.O. The summed E-state index contributed by atoms with van der Waals surface area (Å²) in [6, 6.07) is 8.56. The Labute approximate surface area is 156 Å². The number of hydrogen-bond donors (Lipinski definition) is 1. The quantitative estimate of drug-likeness (QED) is 0.386. The number of benzene rings is 1. The van der Waals surface area contributed by atoms with E-state index in [1.54, 1.807) is 0 Å². The van der Waals surface area contributed by atoms with Crippen LogP contribution in [-0.2, 0) is 5.54 Å². The average Bonchev–Trinajstić information content (AvgIpc) is 2.56. The minimum Gasteiger partial charge on any atom is -0.412 e. The van der Waals surface area contributed by atoms with Gasteiger partial charge < -0.3 is 11.2 Å². The van der Waals surface area contributed by atoms with Gasteiger partial charge in [0.05, 0.1) is 0 Å². The van der Waals surface area contributed by atoms with Gasteiger partial charge in [-0.1, -0.05) is 108 Å². The van der Waals surface area contributed by atoms with Crippen LogP contribution in [0.2, 0.25) is 0 Å². The first kappa shape index (κ1) is 24.1. The molecule has 0 spiro atoms. The van der Waals surface area contributed by atoms with Crippen LogP contribution in [0.4, 0.5) is 0 Å². The van der Waals surface area contributed by atoms with Crippen molar-refractivity contribution in [2.24, 2.45) is 5.73 Å². The normalized spacial score (nSPS) is 13.3. The molecular weight excluding hydrogens is 306 g/mol. The highest BCUT2D eigenvalue weighted by molar-refractivity contribution is 5.31. The van der Waals surface area contributed by atoms with Crippen molar-refractivity contribution >= 4 is 0 Å². The molecule has 146 valence electrons. The van der Waals surface area contributed by atoms with Gasteiger partial charge in [-0.25, -0.2) is 0 Å². The number of nitrogens with two attached hydrogens (primary N) is 1. The average molecular weight is 350 g/mol. The molecule has 0 bridgehead atoms. The largest absolute Gasteiger partial charge is 0.412 e. The second-order valence-electron chi connectivity index (χ2n) is 7.87. The topological polar surface area (TPSA) is 57.5 Å². The van der Waals surface area contributed by atoms with Gasteiger partial charge in [0, 0.05) is 5.54 Å². The molecule has 25 heavy (non-hydrogen) atoms. The Morgan fingerprint density at radius 3 is 1.68 bits per heavy atom. The highest BCUT2D eigenvalue weighted by Crippen LogP contribution is 2.27. The molecule has 0 heterocycles. The lowest BCUT2D eigenvalue weighted by molar-refractivity contribution is 0.418. The Kier molecular flexibility index (Phi) is 13.8. The predicted octanol–water partition coefficient (Wildman–Crippen LogP) is 6.44. The minimum absolute atomic E-state index is 0. The molecule has 0 aliphatic rings. The zero-order chi connectivity index (χ0) is 17.7. The maximum atomic E-state index is 6.57. The zero-order valence-corrected chi connectivity index (χ0v) is 17.1. The van der Waals surface area contributed by atoms with Gasteiger partial charge in [0.25, 0.3) is 0 Å². The lowest BCUT2D eigenvalue weighted by atomic mass is 9.85. The molecule has 0 saturated carbocycles. The van der Waals surface area contributed by atoms with E-state index in [1.165, 1.54) is 88.2 Å². The molecule has 0 radical (unpaired) electrons. The first-order valence-electron chi connectivity index (χ1n) is 10.4. The van der Waals surface area contributed by atoms with Crippen molar-refractivity contribution in [2.45, 2.75) is 110 Å². The van der Waals surface area contributed by atoms with Crippen molar-refractivity contribution in [1.29, 1.82) is 0 Å². The third-order valence-electron chi connectivity index (χ3n) is 5.31. The van der Waals surface area contributed by atoms with E-state index in [2.05, 4.69) is 45.0 Å². The third-order valence-corrected chi connectivity index (χ3v) is 5.31. The van der Waals surface area contributed by atoms with Gasteiger partial charge in [0.2, 0.25) is 0 Å². The van der Waals surface area contributed by atoms with E-state index in [0.717, 1.165) is 6.42 Å². The van der Waals surface area contributed by atoms with Crippen LogP contribution in [-0.4, -0.2) is 5.48 Å². The van der Waals surface area contributed by atoms with Crippen molar-refractivity contribution in [2.75, 3.05) is 0 Å². The second-order valence-corrected chi connectivity index (χ2v) is 7.87. The fourth-order valence-corrected chi connectivity index (χ4v) is 3.68. The first-order valence-corrected chi connectivity index (χ1v) is 10.4. The smallest absolute Gasteiger partial charge is 0.0383 e. The van der Waals surface area contributed by atoms with Crippen molar-refractivity contribution in [1.82, 2.24) is 0 Å². The molecule has 1 atom stereocenters. The summed E-state index contributed by atoms with van der Waals surface area (Å²) in [6.07, 6.45) is 17.9. The number of rotatable bonds is 14. The summed E-state index contributed by atoms with van der Waals surface area (Å²) in [4.78, 5) is 0. The lowest BCUT2D eigenvalue weighted by Gasteiger charge is -2.27. The summed E-state index contributed by atoms with van der Waals surface area (Å²) in [6.45, 7) is 6.64. The standard InChI is InChI=1S/C23H41N.H2O/c1-4-5-6-7-8-9-10-11-12-13-14-17-20-23(3,24)22-19-16-15-18-21(22)2;/h15-16,18-19H,4-14,17,20,24H2,1-3H3;1H2. The van der Waals surface area contributed by atoms with Gasteiger partial charge in [-0.15, -0.1) is 0 Å². The van der Waals surface area contributed by atoms with E-state index in [0.29, 0.717) is 0 Å². The second kappa shape index (κ2) is 14.3. The van der Waals surface area contributed by atoms with Gasteiger partial charge in [-0.3, -0.25) is 0 Å². The lowest BCUT2D eigenvalue weighted by Crippen LogP contribution is -2.33. The van der Waals surface area contributed by atoms with E-state index >= 15 is 0 Å². The van der Waals surface area contributed by atoms with Crippen molar-refractivity contribution < 1.29 is 5.48 Å². The molecule has 2 heteroatoms. The van der Waals surface area contributed by atoms with Gasteiger partial charge in [-0.05, 0) is 31.4 Å². The highest BCUT2D eigenvalue weighted by Gasteiger charge is 2.21. The van der Waals surface area contributed by atoms with Crippen LogP contribution in [0.1, 0.15) is 108 Å². The molecule has 0 fully saturated rings. The summed E-state index contributed by atoms with van der Waals surface area (Å²) < 4.78 is 0. The van der Waals surface area contributed by atoms with Crippen LogP contribution < -0.4 is 5.73 Å². The third kappa shape index (κ3) is 10.7. The van der Waals surface area contributed by atoms with E-state index in [9.17, 15) is 0 Å². The van der Waals surface area contributed by atoms with Crippen molar-refractivity contribution in [3.05, 3.63) is 35.4 Å². The van der Waals surface area contributed by atoms with Crippen LogP contribution in [0.3, 0.4) is 0 Å². The van der Waals surface area contributed by atoms with Gasteiger partial charge >= 0.3 is 0 Å². The Balaban J connectivity index is 0.00000576. The van der Waals surface area contributed by atoms with Crippen LogP contribution in [0.5, 0.6) is 0 Å². The van der Waals surface area contributed by atoms with Crippen molar-refractivity contribution in [3.63, 3.8) is 0 Å². The van der Waals surface area contributed by atoms with Gasteiger partial charge in [0.1, 0.15) is 0 Å². The number of hydrogen-bond acceptors (Lipinski definition) is 1. The van der Waals surface area contributed by atoms with E-state index in [-0.39, 0.29) is 11.0 Å². The molecule has 0 saturated heterocycles. The highest BCUT2D eigenvalue weighted by atomic mass is 16.0. The Bertz CT molecular complexity index is 428. The van der Waals surface area contributed by atoms with E-state index in [4.69, 9.17) is 5.73 Å². The number of aryl methyl sites for hydroxylation is 1. The van der Waals surface area contributed by atoms with E-state index < -0.39 is 0 Å². The Hall–Kier alpha value is -0.860. The zero-order valence-electron chi connectivity index (χ0n) is 17.1. The molecule has 0 aromatic heterocycles. The molecule has 1 unspecified atom stereocenters. The molecule has 0 aliphatic heterocycles. The summed E-state index contributed by atoms with van der Waals surface area (Å²) in [5.41, 5.74) is 9.03. The summed E-state index contributed by atoms with van der Waals surface area (Å²) in [5, 5.41) is 0. The molecule has 1 rings (SSSR count). The molecule has 1 aromatic rings. The molecule has 0 aliphatic carbocycles. The summed E-state index contributed by atoms with van der Waals surface area (Å²) in [5.74, 6) is 0. The predicted molar refractivity (Wildman–Crippen MR) is 112 cm³/mol. The monoisotopic (exact) mass is 349 g/mol. The molecule has 1 aromatic carbocycles. The molecule has 0 amide bonds. The van der Waals surface area contributed by atoms with Crippen molar-refractivity contribution in [3.8, 4) is 0 Å². The van der Waals surface area contributed by atoms with Gasteiger partial charge in [0.15, 0.2) is 0 Å². The number of unbranched alkanes of at least 4 members (excludes halogenated alkanes) is 11. The van der Waals surface area contributed by atoms with Gasteiger partial charge in [-0.2, -0.15) is 0 Å².